The molecule has 2 nitrogen and oxygen atoms in total. The highest BCUT2D eigenvalue weighted by molar-refractivity contribution is 4.78. The molecular formula is C9H19NO. The third-order valence-corrected chi connectivity index (χ3v) is 2.48. The van der Waals surface area contributed by atoms with Crippen LogP contribution in [0.3, 0.4) is 0 Å². The Hall–Kier alpha value is -0.0800. The van der Waals surface area contributed by atoms with Crippen LogP contribution < -0.4 is 5.73 Å². The summed E-state index contributed by atoms with van der Waals surface area (Å²) in [5.74, 6) is 0.661. The van der Waals surface area contributed by atoms with Crippen molar-refractivity contribution < 1.29 is 4.74 Å². The number of ether oxygens (including phenoxy) is 1. The molecule has 0 radical (unpaired) electrons. The molecule has 0 saturated carbocycles. The van der Waals surface area contributed by atoms with Crippen LogP contribution in [0.1, 0.15) is 33.6 Å². The van der Waals surface area contributed by atoms with E-state index >= 15 is 0 Å². The highest BCUT2D eigenvalue weighted by Crippen LogP contribution is 2.26. The van der Waals surface area contributed by atoms with Gasteiger partial charge in [-0.25, -0.2) is 0 Å². The van der Waals surface area contributed by atoms with Crippen molar-refractivity contribution in [3.63, 3.8) is 0 Å². The normalized spacial score (nSPS) is 42.0. The van der Waals surface area contributed by atoms with E-state index in [1.54, 1.807) is 0 Å². The standard InChI is InChI=1S/C9H19NO/c1-6-4-9(8(3)10)5-7(2)11-6/h6-9H,4-5,10H2,1-3H3. The van der Waals surface area contributed by atoms with E-state index in [9.17, 15) is 0 Å². The number of hydrogen-bond donors (Lipinski definition) is 1. The summed E-state index contributed by atoms with van der Waals surface area (Å²) in [6, 6.07) is 0.323. The first-order valence-electron chi connectivity index (χ1n) is 4.50. The third kappa shape index (κ3) is 2.46. The van der Waals surface area contributed by atoms with Crippen molar-refractivity contribution in [2.75, 3.05) is 0 Å². The van der Waals surface area contributed by atoms with E-state index in [0.29, 0.717) is 24.2 Å². The molecule has 1 rings (SSSR count). The number of nitrogens with two attached hydrogens (primary N) is 1. The summed E-state index contributed by atoms with van der Waals surface area (Å²) < 4.78 is 5.61. The van der Waals surface area contributed by atoms with Crippen molar-refractivity contribution in [2.24, 2.45) is 11.7 Å². The molecule has 3 atom stereocenters. The molecule has 1 saturated heterocycles. The van der Waals surface area contributed by atoms with Crippen molar-refractivity contribution in [1.29, 1.82) is 0 Å². The molecule has 0 aliphatic carbocycles. The lowest BCUT2D eigenvalue weighted by molar-refractivity contribution is -0.0555. The van der Waals surface area contributed by atoms with Crippen molar-refractivity contribution in [3.05, 3.63) is 0 Å². The molecule has 0 spiro atoms. The lowest BCUT2D eigenvalue weighted by Gasteiger charge is -2.34. The molecule has 1 aliphatic heterocycles. The molecule has 0 aromatic rings. The molecule has 1 heterocycles. The molecular weight excluding hydrogens is 138 g/mol. The van der Waals surface area contributed by atoms with Crippen LogP contribution >= 0.6 is 0 Å². The van der Waals surface area contributed by atoms with Gasteiger partial charge in [0.1, 0.15) is 0 Å². The van der Waals surface area contributed by atoms with Crippen LogP contribution in [0.5, 0.6) is 0 Å². The lowest BCUT2D eigenvalue weighted by atomic mass is 9.88. The van der Waals surface area contributed by atoms with Crippen LogP contribution in [-0.4, -0.2) is 18.2 Å². The fourth-order valence-electron chi connectivity index (χ4n) is 1.89. The maximum absolute atomic E-state index is 5.84. The Morgan fingerprint density at radius 3 is 2.09 bits per heavy atom. The Bertz CT molecular complexity index is 115. The molecule has 1 fully saturated rings. The zero-order chi connectivity index (χ0) is 8.43. The SMILES string of the molecule is CC1CC(C(C)N)CC(C)O1. The second kappa shape index (κ2) is 3.55. The monoisotopic (exact) mass is 157 g/mol. The Balaban J connectivity index is 2.43. The topological polar surface area (TPSA) is 35.2 Å². The highest BCUT2D eigenvalue weighted by atomic mass is 16.5. The molecule has 1 aliphatic rings. The predicted molar refractivity (Wildman–Crippen MR) is 46.4 cm³/mol. The summed E-state index contributed by atoms with van der Waals surface area (Å²) in [6.45, 7) is 6.35. The minimum Gasteiger partial charge on any atom is -0.376 e. The first-order valence-corrected chi connectivity index (χ1v) is 4.50. The first kappa shape index (κ1) is 9.01. The van der Waals surface area contributed by atoms with E-state index in [1.165, 1.54) is 0 Å². The van der Waals surface area contributed by atoms with Crippen molar-refractivity contribution in [2.45, 2.75) is 51.9 Å². The summed E-state index contributed by atoms with van der Waals surface area (Å²) in [5, 5.41) is 0. The van der Waals surface area contributed by atoms with Gasteiger partial charge in [0, 0.05) is 6.04 Å². The van der Waals surface area contributed by atoms with Crippen LogP contribution in [0.2, 0.25) is 0 Å². The van der Waals surface area contributed by atoms with Gasteiger partial charge in [0.25, 0.3) is 0 Å². The van der Waals surface area contributed by atoms with Crippen LogP contribution in [0.25, 0.3) is 0 Å². The quantitative estimate of drug-likeness (QED) is 0.626. The Labute approximate surface area is 69.1 Å². The van der Waals surface area contributed by atoms with Crippen molar-refractivity contribution in [1.82, 2.24) is 0 Å². The van der Waals surface area contributed by atoms with E-state index in [0.717, 1.165) is 12.8 Å². The van der Waals surface area contributed by atoms with Crippen molar-refractivity contribution in [3.8, 4) is 0 Å². The number of rotatable bonds is 1. The molecule has 3 unspecified atom stereocenters. The second-order valence-electron chi connectivity index (χ2n) is 3.85. The van der Waals surface area contributed by atoms with Crippen LogP contribution in [0.15, 0.2) is 0 Å². The maximum Gasteiger partial charge on any atom is 0.0553 e. The molecule has 0 amide bonds. The van der Waals surface area contributed by atoms with Gasteiger partial charge < -0.3 is 10.5 Å². The first-order chi connectivity index (χ1) is 5.09. The van der Waals surface area contributed by atoms with Crippen LogP contribution in [0.4, 0.5) is 0 Å². The van der Waals surface area contributed by atoms with E-state index in [-0.39, 0.29) is 0 Å². The second-order valence-corrected chi connectivity index (χ2v) is 3.85. The zero-order valence-corrected chi connectivity index (χ0v) is 7.71. The summed E-state index contributed by atoms with van der Waals surface area (Å²) in [6.07, 6.45) is 3.05. The average molecular weight is 157 g/mol. The summed E-state index contributed by atoms with van der Waals surface area (Å²) in [7, 11) is 0. The zero-order valence-electron chi connectivity index (χ0n) is 7.71. The minimum atomic E-state index is 0.323. The van der Waals surface area contributed by atoms with Gasteiger partial charge in [0.2, 0.25) is 0 Å². The van der Waals surface area contributed by atoms with Gasteiger partial charge in [-0.1, -0.05) is 0 Å². The van der Waals surface area contributed by atoms with Crippen molar-refractivity contribution >= 4 is 0 Å². The van der Waals surface area contributed by atoms with E-state index < -0.39 is 0 Å². The molecule has 0 aromatic heterocycles. The lowest BCUT2D eigenvalue weighted by Crippen LogP contribution is -2.37. The van der Waals surface area contributed by atoms with Gasteiger partial charge in [-0.15, -0.1) is 0 Å². The predicted octanol–water partition coefficient (Wildman–Crippen LogP) is 1.54. The van der Waals surface area contributed by atoms with Gasteiger partial charge in [-0.05, 0) is 39.5 Å². The molecule has 11 heavy (non-hydrogen) atoms. The summed E-state index contributed by atoms with van der Waals surface area (Å²) in [5.41, 5.74) is 5.84. The minimum absolute atomic E-state index is 0.323. The average Bonchev–Trinajstić information content (AvgIpc) is 1.85. The Kier molecular flexibility index (Phi) is 2.90. The molecule has 2 N–H and O–H groups in total. The third-order valence-electron chi connectivity index (χ3n) is 2.48. The number of hydrogen-bond acceptors (Lipinski definition) is 2. The van der Waals surface area contributed by atoms with Gasteiger partial charge >= 0.3 is 0 Å². The fourth-order valence-corrected chi connectivity index (χ4v) is 1.89. The summed E-state index contributed by atoms with van der Waals surface area (Å²) >= 11 is 0. The fraction of sp³-hybridized carbons (Fsp3) is 1.00. The molecule has 0 bridgehead atoms. The van der Waals surface area contributed by atoms with E-state index in [1.807, 2.05) is 0 Å². The maximum atomic E-state index is 5.84. The molecule has 66 valence electrons. The van der Waals surface area contributed by atoms with Gasteiger partial charge in [-0.2, -0.15) is 0 Å². The smallest absolute Gasteiger partial charge is 0.0553 e. The Morgan fingerprint density at radius 2 is 1.73 bits per heavy atom. The highest BCUT2D eigenvalue weighted by Gasteiger charge is 2.26. The molecule has 2 heteroatoms. The van der Waals surface area contributed by atoms with Gasteiger partial charge in [0.05, 0.1) is 12.2 Å². The van der Waals surface area contributed by atoms with E-state index in [2.05, 4.69) is 20.8 Å². The van der Waals surface area contributed by atoms with Gasteiger partial charge in [-0.3, -0.25) is 0 Å². The largest absolute Gasteiger partial charge is 0.376 e. The van der Waals surface area contributed by atoms with Gasteiger partial charge in [0.15, 0.2) is 0 Å². The Morgan fingerprint density at radius 1 is 1.27 bits per heavy atom. The summed E-state index contributed by atoms with van der Waals surface area (Å²) in [4.78, 5) is 0. The molecule has 0 aromatic carbocycles. The van der Waals surface area contributed by atoms with Crippen LogP contribution in [0, 0.1) is 5.92 Å². The van der Waals surface area contributed by atoms with E-state index in [4.69, 9.17) is 10.5 Å². The van der Waals surface area contributed by atoms with Crippen LogP contribution in [-0.2, 0) is 4.74 Å².